The van der Waals surface area contributed by atoms with Crippen LogP contribution in [0.3, 0.4) is 0 Å². The van der Waals surface area contributed by atoms with Crippen LogP contribution in [0.2, 0.25) is 0 Å². The highest BCUT2D eigenvalue weighted by Gasteiger charge is 2.21. The Balaban J connectivity index is 1.32. The molecule has 7 aromatic carbocycles. The molecule has 48 heavy (non-hydrogen) atoms. The van der Waals surface area contributed by atoms with E-state index >= 15 is 0 Å². The van der Waals surface area contributed by atoms with Crippen LogP contribution in [-0.4, -0.2) is 14.5 Å². The molecule has 0 aliphatic rings. The number of hydrogen-bond acceptors (Lipinski definition) is 3. The van der Waals surface area contributed by atoms with E-state index in [1.807, 2.05) is 48.5 Å². The lowest BCUT2D eigenvalue weighted by Gasteiger charge is -2.13. The molecule has 0 saturated heterocycles. The van der Waals surface area contributed by atoms with Gasteiger partial charge in [-0.3, -0.25) is 0 Å². The second-order valence-corrected chi connectivity index (χ2v) is 12.2. The average Bonchev–Trinajstić information content (AvgIpc) is 3.69. The summed E-state index contributed by atoms with van der Waals surface area (Å²) in [6.07, 6.45) is 0. The first-order chi connectivity index (χ1) is 23.8. The normalized spacial score (nSPS) is 11.8. The van der Waals surface area contributed by atoms with Gasteiger partial charge >= 0.3 is 0 Å². The third kappa shape index (κ3) is 4.16. The van der Waals surface area contributed by atoms with E-state index in [2.05, 4.69) is 120 Å². The van der Waals surface area contributed by atoms with Gasteiger partial charge in [0.25, 0.3) is 0 Å². The van der Waals surface area contributed by atoms with E-state index in [9.17, 15) is 0 Å². The maximum Gasteiger partial charge on any atom is 0.161 e. The van der Waals surface area contributed by atoms with Crippen LogP contribution in [0.1, 0.15) is 0 Å². The molecule has 0 amide bonds. The summed E-state index contributed by atoms with van der Waals surface area (Å²) in [7, 11) is 0. The molecule has 0 atom stereocenters. The average molecular weight is 614 g/mol. The molecule has 0 unspecified atom stereocenters. The molecule has 0 aliphatic carbocycles. The van der Waals surface area contributed by atoms with E-state index in [0.29, 0.717) is 5.82 Å². The molecule has 0 saturated carbocycles. The Morgan fingerprint density at radius 1 is 0.438 bits per heavy atom. The highest BCUT2D eigenvalue weighted by atomic mass is 16.3. The molecule has 0 aliphatic heterocycles. The van der Waals surface area contributed by atoms with Crippen molar-refractivity contribution in [1.82, 2.24) is 14.5 Å². The third-order valence-corrected chi connectivity index (χ3v) is 9.37. The second kappa shape index (κ2) is 10.5. The van der Waals surface area contributed by atoms with E-state index in [4.69, 9.17) is 14.4 Å². The Kier molecular flexibility index (Phi) is 5.84. The molecule has 3 aromatic heterocycles. The van der Waals surface area contributed by atoms with Gasteiger partial charge in [-0.25, -0.2) is 9.97 Å². The van der Waals surface area contributed by atoms with Gasteiger partial charge in [0.15, 0.2) is 5.82 Å². The maximum atomic E-state index is 6.61. The van der Waals surface area contributed by atoms with Gasteiger partial charge in [-0.15, -0.1) is 0 Å². The first kappa shape index (κ1) is 26.7. The summed E-state index contributed by atoms with van der Waals surface area (Å²) in [5.74, 6) is 0.653. The van der Waals surface area contributed by atoms with Crippen molar-refractivity contribution >= 4 is 54.5 Å². The summed E-state index contributed by atoms with van der Waals surface area (Å²) in [6, 6.07) is 57.2. The van der Waals surface area contributed by atoms with Gasteiger partial charge in [0.2, 0.25) is 0 Å². The van der Waals surface area contributed by atoms with Crippen LogP contribution in [-0.2, 0) is 0 Å². The van der Waals surface area contributed by atoms with Gasteiger partial charge in [-0.1, -0.05) is 121 Å². The standard InChI is InChI=1S/C44H27N3O/c1-3-13-28(14-4-1)37-27-38(29-15-5-2-6-16-29)46-44(45-37)36-25-32(26-42-43(36)34-20-10-12-22-41(34)48-42)47-39-21-11-9-19-33(39)35-23-30-17-7-8-18-31(30)24-40(35)47/h1-27H. The predicted molar refractivity (Wildman–Crippen MR) is 197 cm³/mol. The number of para-hydroxylation sites is 2. The SMILES string of the molecule is c1ccc(-c2cc(-c3ccccc3)nc(-c3cc(-n4c5ccccc5c5cc6ccccc6cc54)cc4oc5ccccc5c34)n2)cc1. The minimum Gasteiger partial charge on any atom is -0.456 e. The minimum absolute atomic E-state index is 0.653. The summed E-state index contributed by atoms with van der Waals surface area (Å²) >= 11 is 0. The molecule has 4 heteroatoms. The van der Waals surface area contributed by atoms with Crippen LogP contribution < -0.4 is 0 Å². The molecular weight excluding hydrogens is 587 g/mol. The number of rotatable bonds is 4. The van der Waals surface area contributed by atoms with Crippen molar-refractivity contribution < 1.29 is 4.42 Å². The van der Waals surface area contributed by atoms with E-state index < -0.39 is 0 Å². The van der Waals surface area contributed by atoms with E-state index in [-0.39, 0.29) is 0 Å². The fourth-order valence-electron chi connectivity index (χ4n) is 7.16. The number of furan rings is 1. The van der Waals surface area contributed by atoms with Crippen LogP contribution in [0, 0.1) is 0 Å². The van der Waals surface area contributed by atoms with Crippen LogP contribution in [0.25, 0.3) is 94.1 Å². The van der Waals surface area contributed by atoms with Crippen LogP contribution in [0.4, 0.5) is 0 Å². The zero-order chi connectivity index (χ0) is 31.6. The molecule has 0 N–H and O–H groups in total. The number of nitrogens with zero attached hydrogens (tertiary/aromatic N) is 3. The quantitative estimate of drug-likeness (QED) is 0.198. The fourth-order valence-corrected chi connectivity index (χ4v) is 7.16. The van der Waals surface area contributed by atoms with Crippen molar-refractivity contribution in [3.63, 3.8) is 0 Å². The Bertz CT molecular complexity index is 2770. The zero-order valence-corrected chi connectivity index (χ0v) is 25.8. The Morgan fingerprint density at radius 2 is 1.04 bits per heavy atom. The molecule has 10 aromatic rings. The summed E-state index contributed by atoms with van der Waals surface area (Å²) in [5.41, 5.74) is 9.64. The monoisotopic (exact) mass is 613 g/mol. The lowest BCUT2D eigenvalue weighted by Crippen LogP contribution is -1.99. The van der Waals surface area contributed by atoms with E-state index in [1.165, 1.54) is 21.5 Å². The van der Waals surface area contributed by atoms with Gasteiger partial charge in [-0.2, -0.15) is 0 Å². The Morgan fingerprint density at radius 3 is 1.77 bits per heavy atom. The van der Waals surface area contributed by atoms with Gasteiger partial charge in [-0.05, 0) is 47.2 Å². The molecule has 10 rings (SSSR count). The van der Waals surface area contributed by atoms with Gasteiger partial charge < -0.3 is 8.98 Å². The van der Waals surface area contributed by atoms with Crippen LogP contribution in [0.15, 0.2) is 168 Å². The van der Waals surface area contributed by atoms with Crippen molar-refractivity contribution in [2.75, 3.05) is 0 Å². The maximum absolute atomic E-state index is 6.61. The van der Waals surface area contributed by atoms with Crippen molar-refractivity contribution in [3.8, 4) is 39.6 Å². The molecular formula is C44H27N3O. The molecule has 0 spiro atoms. The number of fused-ring (bicyclic) bond motifs is 7. The fraction of sp³-hybridized carbons (Fsp3) is 0. The van der Waals surface area contributed by atoms with Crippen molar-refractivity contribution in [2.45, 2.75) is 0 Å². The van der Waals surface area contributed by atoms with Gasteiger partial charge in [0.1, 0.15) is 11.2 Å². The highest BCUT2D eigenvalue weighted by molar-refractivity contribution is 6.15. The lowest BCUT2D eigenvalue weighted by atomic mass is 10.0. The van der Waals surface area contributed by atoms with Gasteiger partial charge in [0.05, 0.1) is 28.1 Å². The summed E-state index contributed by atoms with van der Waals surface area (Å²) in [5, 5.41) is 6.89. The Labute approximate surface area is 276 Å². The van der Waals surface area contributed by atoms with Crippen molar-refractivity contribution in [3.05, 3.63) is 164 Å². The molecule has 224 valence electrons. The van der Waals surface area contributed by atoms with Crippen molar-refractivity contribution in [1.29, 1.82) is 0 Å². The molecule has 3 heterocycles. The largest absolute Gasteiger partial charge is 0.456 e. The number of hydrogen-bond donors (Lipinski definition) is 0. The highest BCUT2D eigenvalue weighted by Crippen LogP contribution is 2.41. The summed E-state index contributed by atoms with van der Waals surface area (Å²) in [6.45, 7) is 0. The molecule has 0 fully saturated rings. The van der Waals surface area contributed by atoms with E-state index in [1.54, 1.807) is 0 Å². The van der Waals surface area contributed by atoms with Crippen molar-refractivity contribution in [2.24, 2.45) is 0 Å². The predicted octanol–water partition coefficient (Wildman–Crippen LogP) is 11.6. The summed E-state index contributed by atoms with van der Waals surface area (Å²) in [4.78, 5) is 10.5. The minimum atomic E-state index is 0.653. The molecule has 0 radical (unpaired) electrons. The topological polar surface area (TPSA) is 43.9 Å². The van der Waals surface area contributed by atoms with Gasteiger partial charge in [0, 0.05) is 44.3 Å². The lowest BCUT2D eigenvalue weighted by molar-refractivity contribution is 0.668. The molecule has 0 bridgehead atoms. The zero-order valence-electron chi connectivity index (χ0n) is 25.8. The second-order valence-electron chi connectivity index (χ2n) is 12.2. The third-order valence-electron chi connectivity index (χ3n) is 9.37. The number of aromatic nitrogens is 3. The summed E-state index contributed by atoms with van der Waals surface area (Å²) < 4.78 is 8.96. The smallest absolute Gasteiger partial charge is 0.161 e. The first-order valence-corrected chi connectivity index (χ1v) is 16.2. The van der Waals surface area contributed by atoms with Crippen LogP contribution >= 0.6 is 0 Å². The van der Waals surface area contributed by atoms with Crippen LogP contribution in [0.5, 0.6) is 0 Å². The Hall–Kier alpha value is -6.52. The van der Waals surface area contributed by atoms with E-state index in [0.717, 1.165) is 66.7 Å². The number of benzene rings is 7. The first-order valence-electron chi connectivity index (χ1n) is 16.2. The molecule has 4 nitrogen and oxygen atoms in total.